The minimum atomic E-state index is 0. The first kappa shape index (κ1) is 16.9. The second-order valence-corrected chi connectivity index (χ2v) is 3.87. The number of hydrogen-bond acceptors (Lipinski definition) is 2. The monoisotopic (exact) mass is 284 g/mol. The molecule has 4 heteroatoms. The zero-order chi connectivity index (χ0) is 11.2. The number of nitrogens with one attached hydrogen (secondary N) is 1. The van der Waals surface area contributed by atoms with Gasteiger partial charge in [-0.15, -0.1) is 24.8 Å². The molecular formula is C14H18Cl2N2. The van der Waals surface area contributed by atoms with Crippen molar-refractivity contribution in [1.29, 1.82) is 0 Å². The molecule has 2 aromatic rings. The summed E-state index contributed by atoms with van der Waals surface area (Å²) < 4.78 is 0. The Bertz CT molecular complexity index is 420. The van der Waals surface area contributed by atoms with E-state index in [9.17, 15) is 0 Å². The minimum absolute atomic E-state index is 0. The average molecular weight is 285 g/mol. The Labute approximate surface area is 121 Å². The molecule has 0 aliphatic heterocycles. The van der Waals surface area contributed by atoms with Gasteiger partial charge in [-0.2, -0.15) is 0 Å². The zero-order valence-electron chi connectivity index (χ0n) is 10.2. The van der Waals surface area contributed by atoms with Crippen molar-refractivity contribution in [3.05, 3.63) is 66.0 Å². The Morgan fingerprint density at radius 2 is 1.61 bits per heavy atom. The fraction of sp³-hybridized carbons (Fsp3) is 0.214. The van der Waals surface area contributed by atoms with Crippen LogP contribution >= 0.6 is 24.8 Å². The van der Waals surface area contributed by atoms with Gasteiger partial charge in [0.1, 0.15) is 0 Å². The van der Waals surface area contributed by atoms with Gasteiger partial charge in [0.2, 0.25) is 0 Å². The highest BCUT2D eigenvalue weighted by atomic mass is 35.5. The van der Waals surface area contributed by atoms with E-state index in [0.717, 1.165) is 6.54 Å². The summed E-state index contributed by atoms with van der Waals surface area (Å²) in [5.41, 5.74) is 2.58. The first-order valence-corrected chi connectivity index (χ1v) is 5.53. The number of pyridine rings is 1. The van der Waals surface area contributed by atoms with Crippen molar-refractivity contribution in [1.82, 2.24) is 10.3 Å². The summed E-state index contributed by atoms with van der Waals surface area (Å²) in [6, 6.07) is 14.9. The third-order valence-corrected chi connectivity index (χ3v) is 2.66. The summed E-state index contributed by atoms with van der Waals surface area (Å²) in [5, 5.41) is 3.49. The summed E-state index contributed by atoms with van der Waals surface area (Å²) in [6.45, 7) is 3.05. The van der Waals surface area contributed by atoms with Crippen LogP contribution in [0.5, 0.6) is 0 Å². The standard InChI is InChI=1S/C14H16N2.2ClH/c1-12(14-5-3-2-4-6-14)16-11-13-7-9-15-10-8-13;;/h2-10,12,16H,11H2,1H3;2*1H. The maximum absolute atomic E-state index is 4.00. The molecule has 2 rings (SSSR count). The first-order valence-electron chi connectivity index (χ1n) is 5.53. The van der Waals surface area contributed by atoms with E-state index in [4.69, 9.17) is 0 Å². The van der Waals surface area contributed by atoms with Gasteiger partial charge < -0.3 is 5.32 Å². The largest absolute Gasteiger partial charge is 0.306 e. The maximum atomic E-state index is 4.00. The van der Waals surface area contributed by atoms with Gasteiger partial charge >= 0.3 is 0 Å². The smallest absolute Gasteiger partial charge is 0.0294 e. The molecule has 0 radical (unpaired) electrons. The molecule has 0 saturated heterocycles. The van der Waals surface area contributed by atoms with E-state index in [1.54, 1.807) is 0 Å². The summed E-state index contributed by atoms with van der Waals surface area (Å²) in [5.74, 6) is 0. The zero-order valence-corrected chi connectivity index (χ0v) is 11.9. The van der Waals surface area contributed by atoms with Gasteiger partial charge in [0.15, 0.2) is 0 Å². The highest BCUT2D eigenvalue weighted by Crippen LogP contribution is 2.11. The summed E-state index contributed by atoms with van der Waals surface area (Å²) in [7, 11) is 0. The second-order valence-electron chi connectivity index (χ2n) is 3.87. The molecule has 1 N–H and O–H groups in total. The van der Waals surface area contributed by atoms with Gasteiger partial charge in [0.25, 0.3) is 0 Å². The quantitative estimate of drug-likeness (QED) is 0.924. The van der Waals surface area contributed by atoms with E-state index in [1.807, 2.05) is 30.6 Å². The molecule has 1 unspecified atom stereocenters. The highest BCUT2D eigenvalue weighted by molar-refractivity contribution is 5.85. The lowest BCUT2D eigenvalue weighted by atomic mass is 10.1. The van der Waals surface area contributed by atoms with Crippen LogP contribution in [0.3, 0.4) is 0 Å². The van der Waals surface area contributed by atoms with Crippen LogP contribution < -0.4 is 5.32 Å². The summed E-state index contributed by atoms with van der Waals surface area (Å²) in [6.07, 6.45) is 3.65. The van der Waals surface area contributed by atoms with E-state index in [-0.39, 0.29) is 24.8 Å². The molecule has 18 heavy (non-hydrogen) atoms. The van der Waals surface area contributed by atoms with Crippen LogP contribution in [0.1, 0.15) is 24.1 Å². The molecule has 0 fully saturated rings. The topological polar surface area (TPSA) is 24.9 Å². The van der Waals surface area contributed by atoms with Gasteiger partial charge in [-0.1, -0.05) is 30.3 Å². The fourth-order valence-corrected chi connectivity index (χ4v) is 1.63. The van der Waals surface area contributed by atoms with Crippen LogP contribution in [0.15, 0.2) is 54.9 Å². The fourth-order valence-electron chi connectivity index (χ4n) is 1.63. The molecule has 0 aliphatic rings. The first-order chi connectivity index (χ1) is 7.86. The van der Waals surface area contributed by atoms with Crippen molar-refractivity contribution < 1.29 is 0 Å². The third kappa shape index (κ3) is 5.05. The average Bonchev–Trinajstić information content (AvgIpc) is 2.38. The van der Waals surface area contributed by atoms with Gasteiger partial charge in [-0.25, -0.2) is 0 Å². The molecule has 0 spiro atoms. The lowest BCUT2D eigenvalue weighted by Crippen LogP contribution is -2.17. The number of rotatable bonds is 4. The number of aromatic nitrogens is 1. The highest BCUT2D eigenvalue weighted by Gasteiger charge is 2.03. The van der Waals surface area contributed by atoms with Crippen molar-refractivity contribution in [2.45, 2.75) is 19.5 Å². The van der Waals surface area contributed by atoms with Gasteiger partial charge in [0, 0.05) is 25.0 Å². The Morgan fingerprint density at radius 1 is 1.00 bits per heavy atom. The van der Waals surface area contributed by atoms with Crippen molar-refractivity contribution in [3.8, 4) is 0 Å². The number of nitrogens with zero attached hydrogens (tertiary/aromatic N) is 1. The van der Waals surface area contributed by atoms with Crippen molar-refractivity contribution in [2.75, 3.05) is 0 Å². The Balaban J connectivity index is 0.00000144. The maximum Gasteiger partial charge on any atom is 0.0294 e. The van der Waals surface area contributed by atoms with Crippen molar-refractivity contribution in [3.63, 3.8) is 0 Å². The molecule has 98 valence electrons. The van der Waals surface area contributed by atoms with Crippen LogP contribution in [0.25, 0.3) is 0 Å². The lowest BCUT2D eigenvalue weighted by Gasteiger charge is -2.13. The van der Waals surface area contributed by atoms with E-state index >= 15 is 0 Å². The molecule has 1 aromatic carbocycles. The second kappa shape index (κ2) is 8.92. The SMILES string of the molecule is CC(NCc1ccncc1)c1ccccc1.Cl.Cl. The minimum Gasteiger partial charge on any atom is -0.306 e. The summed E-state index contributed by atoms with van der Waals surface area (Å²) in [4.78, 5) is 4.00. The predicted molar refractivity (Wildman–Crippen MR) is 80.4 cm³/mol. The van der Waals surface area contributed by atoms with E-state index < -0.39 is 0 Å². The number of halogens is 2. The van der Waals surface area contributed by atoms with Gasteiger partial charge in [-0.3, -0.25) is 4.98 Å². The van der Waals surface area contributed by atoms with Crippen LogP contribution in [0, 0.1) is 0 Å². The Kier molecular flexibility index (Phi) is 8.38. The molecule has 1 atom stereocenters. The van der Waals surface area contributed by atoms with E-state index in [0.29, 0.717) is 6.04 Å². The van der Waals surface area contributed by atoms with E-state index in [2.05, 4.69) is 41.5 Å². The normalized spacial score (nSPS) is 10.9. The third-order valence-electron chi connectivity index (χ3n) is 2.66. The van der Waals surface area contributed by atoms with Crippen LogP contribution in [0.4, 0.5) is 0 Å². The van der Waals surface area contributed by atoms with Crippen LogP contribution in [0.2, 0.25) is 0 Å². The van der Waals surface area contributed by atoms with Crippen molar-refractivity contribution >= 4 is 24.8 Å². The number of hydrogen-bond donors (Lipinski definition) is 1. The Hall–Kier alpha value is -1.09. The molecule has 0 amide bonds. The Morgan fingerprint density at radius 3 is 2.22 bits per heavy atom. The van der Waals surface area contributed by atoms with Gasteiger partial charge in [-0.05, 0) is 30.2 Å². The lowest BCUT2D eigenvalue weighted by molar-refractivity contribution is 0.574. The van der Waals surface area contributed by atoms with Crippen LogP contribution in [-0.2, 0) is 6.54 Å². The molecule has 2 nitrogen and oxygen atoms in total. The summed E-state index contributed by atoms with van der Waals surface area (Å²) >= 11 is 0. The van der Waals surface area contributed by atoms with Crippen LogP contribution in [-0.4, -0.2) is 4.98 Å². The van der Waals surface area contributed by atoms with E-state index in [1.165, 1.54) is 11.1 Å². The van der Waals surface area contributed by atoms with Gasteiger partial charge in [0.05, 0.1) is 0 Å². The van der Waals surface area contributed by atoms with Crippen molar-refractivity contribution in [2.24, 2.45) is 0 Å². The molecule has 0 aliphatic carbocycles. The molecular weight excluding hydrogens is 267 g/mol. The predicted octanol–water partition coefficient (Wildman–Crippen LogP) is 3.78. The molecule has 0 saturated carbocycles. The molecule has 0 bridgehead atoms. The number of benzene rings is 1. The molecule has 1 aromatic heterocycles. The molecule has 1 heterocycles.